The summed E-state index contributed by atoms with van der Waals surface area (Å²) in [6, 6.07) is 9.17. The molecule has 0 aliphatic carbocycles. The summed E-state index contributed by atoms with van der Waals surface area (Å²) in [7, 11) is 1.59. The van der Waals surface area contributed by atoms with Gasteiger partial charge in [0.2, 0.25) is 5.91 Å². The molecule has 0 radical (unpaired) electrons. The van der Waals surface area contributed by atoms with Crippen molar-refractivity contribution in [1.29, 1.82) is 0 Å². The topological polar surface area (TPSA) is 77.2 Å². The zero-order valence-electron chi connectivity index (χ0n) is 12.6. The minimum Gasteiger partial charge on any atom is -0.497 e. The number of methoxy groups -OCH3 is 1. The van der Waals surface area contributed by atoms with Crippen molar-refractivity contribution in [3.63, 3.8) is 0 Å². The van der Waals surface area contributed by atoms with Gasteiger partial charge in [0.15, 0.2) is 0 Å². The molecule has 1 heterocycles. The lowest BCUT2D eigenvalue weighted by Crippen LogP contribution is -2.24. The van der Waals surface area contributed by atoms with Gasteiger partial charge in [0.1, 0.15) is 5.75 Å². The number of rotatable bonds is 5. The molecule has 2 rings (SSSR count). The van der Waals surface area contributed by atoms with Crippen LogP contribution in [0.5, 0.6) is 5.75 Å². The van der Waals surface area contributed by atoms with E-state index in [1.54, 1.807) is 32.5 Å². The second kappa shape index (κ2) is 8.36. The fourth-order valence-corrected chi connectivity index (χ4v) is 2.03. The lowest BCUT2D eigenvalue weighted by atomic mass is 10.0. The van der Waals surface area contributed by atoms with Crippen LogP contribution in [0.25, 0.3) is 11.1 Å². The summed E-state index contributed by atoms with van der Waals surface area (Å²) < 4.78 is 5.22. The third-order valence-corrected chi connectivity index (χ3v) is 3.00. The number of carbonyl (C=O) groups is 1. The average Bonchev–Trinajstić information content (AvgIpc) is 2.47. The third-order valence-electron chi connectivity index (χ3n) is 3.00. The fourth-order valence-electron chi connectivity index (χ4n) is 2.03. The summed E-state index contributed by atoms with van der Waals surface area (Å²) in [6.45, 7) is 1.80. The Labute approximate surface area is 136 Å². The molecule has 0 aliphatic heterocycles. The molecule has 22 heavy (non-hydrogen) atoms. The molecular formula is C16H20ClN3O2. The molecule has 118 valence electrons. The van der Waals surface area contributed by atoms with Gasteiger partial charge in [0.25, 0.3) is 0 Å². The SMILES string of the molecule is COc1ccc(-c2ccncc2)c(NC(=O)CC(C)N)c1.Cl. The molecule has 0 saturated heterocycles. The Balaban J connectivity index is 0.00000242. The Morgan fingerprint density at radius 3 is 2.59 bits per heavy atom. The molecule has 1 atom stereocenters. The van der Waals surface area contributed by atoms with Crippen LogP contribution in [0.1, 0.15) is 13.3 Å². The maximum absolute atomic E-state index is 12.0. The van der Waals surface area contributed by atoms with Crippen LogP contribution in [0.4, 0.5) is 5.69 Å². The molecule has 6 heteroatoms. The molecule has 1 unspecified atom stereocenters. The Hall–Kier alpha value is -2.11. The number of anilines is 1. The molecule has 0 bridgehead atoms. The van der Waals surface area contributed by atoms with Gasteiger partial charge in [-0.25, -0.2) is 0 Å². The monoisotopic (exact) mass is 321 g/mol. The highest BCUT2D eigenvalue weighted by molar-refractivity contribution is 5.96. The first kappa shape index (κ1) is 17.9. The van der Waals surface area contributed by atoms with Crippen LogP contribution in [-0.4, -0.2) is 24.0 Å². The molecule has 1 aromatic carbocycles. The Morgan fingerprint density at radius 2 is 2.00 bits per heavy atom. The highest BCUT2D eigenvalue weighted by Gasteiger charge is 2.11. The van der Waals surface area contributed by atoms with E-state index in [1.807, 2.05) is 24.3 Å². The molecule has 3 N–H and O–H groups in total. The van der Waals surface area contributed by atoms with Crippen molar-refractivity contribution in [3.05, 3.63) is 42.7 Å². The molecule has 1 amide bonds. The number of aromatic nitrogens is 1. The summed E-state index contributed by atoms with van der Waals surface area (Å²) in [6.07, 6.45) is 3.70. The van der Waals surface area contributed by atoms with Gasteiger partial charge in [-0.05, 0) is 36.8 Å². The first-order chi connectivity index (χ1) is 10.1. The van der Waals surface area contributed by atoms with Crippen molar-refractivity contribution in [2.75, 3.05) is 12.4 Å². The van der Waals surface area contributed by atoms with Gasteiger partial charge in [-0.15, -0.1) is 12.4 Å². The third kappa shape index (κ3) is 4.72. The van der Waals surface area contributed by atoms with Crippen molar-refractivity contribution in [3.8, 4) is 16.9 Å². The van der Waals surface area contributed by atoms with E-state index in [4.69, 9.17) is 10.5 Å². The first-order valence-electron chi connectivity index (χ1n) is 6.74. The van der Waals surface area contributed by atoms with Crippen LogP contribution in [0, 0.1) is 0 Å². The molecule has 0 saturated carbocycles. The van der Waals surface area contributed by atoms with Gasteiger partial charge < -0.3 is 15.8 Å². The molecular weight excluding hydrogens is 302 g/mol. The molecule has 2 aromatic rings. The number of nitrogens with two attached hydrogens (primary N) is 1. The van der Waals surface area contributed by atoms with E-state index < -0.39 is 0 Å². The van der Waals surface area contributed by atoms with Crippen molar-refractivity contribution in [2.24, 2.45) is 5.73 Å². The smallest absolute Gasteiger partial charge is 0.225 e. The molecule has 0 spiro atoms. The number of carbonyl (C=O) groups excluding carboxylic acids is 1. The second-order valence-corrected chi connectivity index (χ2v) is 4.88. The number of nitrogens with one attached hydrogen (secondary N) is 1. The first-order valence-corrected chi connectivity index (χ1v) is 6.74. The van der Waals surface area contributed by atoms with Crippen molar-refractivity contribution in [2.45, 2.75) is 19.4 Å². The lowest BCUT2D eigenvalue weighted by Gasteiger charge is -2.13. The van der Waals surface area contributed by atoms with E-state index in [0.29, 0.717) is 11.4 Å². The van der Waals surface area contributed by atoms with E-state index in [1.165, 1.54) is 0 Å². The standard InChI is InChI=1S/C16H19N3O2.ClH/c1-11(17)9-16(20)19-15-10-13(21-2)3-4-14(15)12-5-7-18-8-6-12;/h3-8,10-11H,9,17H2,1-2H3,(H,19,20);1H. The highest BCUT2D eigenvalue weighted by Crippen LogP contribution is 2.31. The molecule has 0 aliphatic rings. The number of pyridine rings is 1. The quantitative estimate of drug-likeness (QED) is 0.887. The Kier molecular flexibility index (Phi) is 6.82. The van der Waals surface area contributed by atoms with E-state index >= 15 is 0 Å². The van der Waals surface area contributed by atoms with Crippen LogP contribution >= 0.6 is 12.4 Å². The second-order valence-electron chi connectivity index (χ2n) is 4.88. The van der Waals surface area contributed by atoms with E-state index in [-0.39, 0.29) is 30.8 Å². The van der Waals surface area contributed by atoms with Gasteiger partial charge in [0, 0.05) is 36.5 Å². The van der Waals surface area contributed by atoms with Crippen LogP contribution in [0.15, 0.2) is 42.7 Å². The number of amides is 1. The molecule has 1 aromatic heterocycles. The summed E-state index contributed by atoms with van der Waals surface area (Å²) in [4.78, 5) is 16.0. The predicted octanol–water partition coefficient (Wildman–Crippen LogP) is 2.85. The predicted molar refractivity (Wildman–Crippen MR) is 90.4 cm³/mol. The molecule has 0 fully saturated rings. The van der Waals surface area contributed by atoms with Crippen molar-refractivity contribution < 1.29 is 9.53 Å². The normalized spacial score (nSPS) is 11.2. The minimum atomic E-state index is -0.181. The van der Waals surface area contributed by atoms with E-state index in [2.05, 4.69) is 10.3 Å². The number of ether oxygens (including phenoxy) is 1. The number of benzene rings is 1. The van der Waals surface area contributed by atoms with E-state index in [9.17, 15) is 4.79 Å². The van der Waals surface area contributed by atoms with Crippen LogP contribution in [0.2, 0.25) is 0 Å². The number of halogens is 1. The van der Waals surface area contributed by atoms with E-state index in [0.717, 1.165) is 11.1 Å². The minimum absolute atomic E-state index is 0. The van der Waals surface area contributed by atoms with Crippen molar-refractivity contribution >= 4 is 24.0 Å². The maximum Gasteiger partial charge on any atom is 0.225 e. The number of hydrogen-bond acceptors (Lipinski definition) is 4. The zero-order valence-corrected chi connectivity index (χ0v) is 13.4. The van der Waals surface area contributed by atoms with Gasteiger partial charge >= 0.3 is 0 Å². The number of hydrogen-bond donors (Lipinski definition) is 2. The average molecular weight is 322 g/mol. The maximum atomic E-state index is 12.0. The summed E-state index contributed by atoms with van der Waals surface area (Å²) >= 11 is 0. The summed E-state index contributed by atoms with van der Waals surface area (Å²) in [5.41, 5.74) is 8.25. The van der Waals surface area contributed by atoms with Gasteiger partial charge in [-0.2, -0.15) is 0 Å². The lowest BCUT2D eigenvalue weighted by molar-refractivity contribution is -0.116. The van der Waals surface area contributed by atoms with Crippen LogP contribution in [-0.2, 0) is 4.79 Å². The Bertz CT molecular complexity index is 618. The van der Waals surface area contributed by atoms with Gasteiger partial charge in [-0.3, -0.25) is 9.78 Å². The zero-order chi connectivity index (χ0) is 15.2. The molecule has 5 nitrogen and oxygen atoms in total. The van der Waals surface area contributed by atoms with Crippen LogP contribution < -0.4 is 15.8 Å². The summed E-state index contributed by atoms with van der Waals surface area (Å²) in [5.74, 6) is 0.567. The van der Waals surface area contributed by atoms with Gasteiger partial charge in [0.05, 0.1) is 12.8 Å². The van der Waals surface area contributed by atoms with Gasteiger partial charge in [-0.1, -0.05) is 0 Å². The summed E-state index contributed by atoms with van der Waals surface area (Å²) in [5, 5.41) is 2.90. The fraction of sp³-hybridized carbons (Fsp3) is 0.250. The van der Waals surface area contributed by atoms with Crippen molar-refractivity contribution in [1.82, 2.24) is 4.98 Å². The highest BCUT2D eigenvalue weighted by atomic mass is 35.5. The Morgan fingerprint density at radius 1 is 1.32 bits per heavy atom. The van der Waals surface area contributed by atoms with Crippen LogP contribution in [0.3, 0.4) is 0 Å². The number of nitrogens with zero attached hydrogens (tertiary/aromatic N) is 1. The largest absolute Gasteiger partial charge is 0.497 e.